The Balaban J connectivity index is 1.42. The lowest BCUT2D eigenvalue weighted by Crippen LogP contribution is -2.36. The van der Waals surface area contributed by atoms with E-state index in [9.17, 15) is 14.4 Å². The third-order valence-corrected chi connectivity index (χ3v) is 5.40. The maximum Gasteiger partial charge on any atom is 0.316 e. The first-order chi connectivity index (χ1) is 15.0. The van der Waals surface area contributed by atoms with Gasteiger partial charge in [0.1, 0.15) is 5.82 Å². The van der Waals surface area contributed by atoms with Crippen LogP contribution in [0.2, 0.25) is 0 Å². The van der Waals surface area contributed by atoms with Gasteiger partial charge >= 0.3 is 11.1 Å². The molecular weight excluding hydrogens is 396 g/mol. The van der Waals surface area contributed by atoms with Crippen LogP contribution in [-0.4, -0.2) is 30.6 Å². The minimum Gasteiger partial charge on any atom is -0.322 e. The predicted octanol–water partition coefficient (Wildman–Crippen LogP) is 2.62. The highest BCUT2D eigenvalue weighted by Crippen LogP contribution is 2.38. The summed E-state index contributed by atoms with van der Waals surface area (Å²) in [5, 5.41) is 10.1. The normalized spacial score (nSPS) is 13.5. The van der Waals surface area contributed by atoms with Gasteiger partial charge in [-0.1, -0.05) is 12.1 Å². The van der Waals surface area contributed by atoms with Crippen molar-refractivity contribution in [1.82, 2.24) is 24.7 Å². The topological polar surface area (TPSA) is 126 Å². The number of aromatic nitrogens is 5. The Bertz CT molecular complexity index is 1430. The zero-order valence-electron chi connectivity index (χ0n) is 16.8. The van der Waals surface area contributed by atoms with Gasteiger partial charge in [-0.15, -0.1) is 0 Å². The molecule has 9 nitrogen and oxygen atoms in total. The lowest BCUT2D eigenvalue weighted by Gasteiger charge is -2.10. The van der Waals surface area contributed by atoms with E-state index in [-0.39, 0.29) is 5.91 Å². The molecule has 156 valence electrons. The van der Waals surface area contributed by atoms with Crippen LogP contribution in [0.5, 0.6) is 0 Å². The lowest BCUT2D eigenvalue weighted by atomic mass is 10.1. The number of fused-ring (bicyclic) bond motifs is 1. The molecule has 3 N–H and O–H groups in total. The minimum atomic E-state index is -0.711. The molecule has 9 heteroatoms. The number of aryl methyl sites for hydroxylation is 1. The zero-order valence-corrected chi connectivity index (χ0v) is 16.8. The molecule has 0 atom stereocenters. The number of H-pyrrole nitrogens is 2. The quantitative estimate of drug-likeness (QED) is 0.431. The Morgan fingerprint density at radius 1 is 1.19 bits per heavy atom. The summed E-state index contributed by atoms with van der Waals surface area (Å²) in [7, 11) is 0. The Morgan fingerprint density at radius 2 is 2.03 bits per heavy atom. The number of aromatic amines is 2. The van der Waals surface area contributed by atoms with Crippen molar-refractivity contribution in [3.8, 4) is 11.4 Å². The van der Waals surface area contributed by atoms with Gasteiger partial charge in [-0.05, 0) is 50.1 Å². The number of anilines is 1. The van der Waals surface area contributed by atoms with Crippen molar-refractivity contribution >= 4 is 22.6 Å². The lowest BCUT2D eigenvalue weighted by molar-refractivity contribution is 0.102. The maximum absolute atomic E-state index is 12.8. The van der Waals surface area contributed by atoms with Crippen LogP contribution in [-0.2, 0) is 6.54 Å². The monoisotopic (exact) mass is 416 g/mol. The first kappa shape index (κ1) is 19.0. The van der Waals surface area contributed by atoms with Crippen LogP contribution in [0.15, 0.2) is 52.1 Å². The first-order valence-corrected chi connectivity index (χ1v) is 10.1. The van der Waals surface area contributed by atoms with E-state index < -0.39 is 11.1 Å². The molecule has 31 heavy (non-hydrogen) atoms. The molecular formula is C22H20N6O3. The zero-order chi connectivity index (χ0) is 21.5. The number of hydrogen-bond acceptors (Lipinski definition) is 5. The van der Waals surface area contributed by atoms with Crippen LogP contribution in [0, 0.1) is 0 Å². The average Bonchev–Trinajstić information content (AvgIpc) is 3.51. The van der Waals surface area contributed by atoms with Crippen LogP contribution in [0.25, 0.3) is 22.4 Å². The Labute approximate surface area is 176 Å². The van der Waals surface area contributed by atoms with Gasteiger partial charge in [0, 0.05) is 29.3 Å². The summed E-state index contributed by atoms with van der Waals surface area (Å²) in [6, 6.07) is 12.2. The van der Waals surface area contributed by atoms with Gasteiger partial charge in [0.15, 0.2) is 5.82 Å². The summed E-state index contributed by atoms with van der Waals surface area (Å²) in [6.07, 6.45) is 2.27. The van der Waals surface area contributed by atoms with E-state index in [0.29, 0.717) is 40.6 Å². The molecule has 1 saturated carbocycles. The number of nitrogens with one attached hydrogen (secondary N) is 3. The second-order valence-electron chi connectivity index (χ2n) is 7.59. The van der Waals surface area contributed by atoms with Crippen molar-refractivity contribution < 1.29 is 4.79 Å². The van der Waals surface area contributed by atoms with Gasteiger partial charge in [-0.25, -0.2) is 4.98 Å². The first-order valence-electron chi connectivity index (χ1n) is 10.1. The maximum atomic E-state index is 12.8. The molecule has 0 spiro atoms. The Hall–Kier alpha value is -4.01. The number of nitrogens with zero attached hydrogens (tertiary/aromatic N) is 3. The van der Waals surface area contributed by atoms with Crippen molar-refractivity contribution in [2.45, 2.75) is 32.2 Å². The van der Waals surface area contributed by atoms with Gasteiger partial charge in [0.2, 0.25) is 0 Å². The molecule has 4 aromatic rings. The molecule has 0 saturated heterocycles. The molecule has 2 aromatic heterocycles. The molecule has 1 aliphatic rings. The number of hydrogen-bond donors (Lipinski definition) is 3. The van der Waals surface area contributed by atoms with E-state index in [1.807, 2.05) is 18.2 Å². The third kappa shape index (κ3) is 3.54. The van der Waals surface area contributed by atoms with Crippen molar-refractivity contribution in [2.75, 3.05) is 5.32 Å². The Morgan fingerprint density at radius 3 is 2.81 bits per heavy atom. The summed E-state index contributed by atoms with van der Waals surface area (Å²) in [5.41, 5.74) is 1.45. The minimum absolute atomic E-state index is 0.331. The molecule has 1 fully saturated rings. The largest absolute Gasteiger partial charge is 0.322 e. The number of carbonyl (C=O) groups is 1. The SMILES string of the molecule is CCn1c(=O)c(=O)[nH]c2cc(C(=O)Nc3cccc(-c4n[nH]c(C5CC5)n4)c3)ccc21. The molecule has 0 aliphatic heterocycles. The molecule has 1 aliphatic carbocycles. The highest BCUT2D eigenvalue weighted by atomic mass is 16.2. The van der Waals surface area contributed by atoms with Crippen molar-refractivity contribution in [3.63, 3.8) is 0 Å². The van der Waals surface area contributed by atoms with E-state index in [0.717, 1.165) is 24.2 Å². The highest BCUT2D eigenvalue weighted by Gasteiger charge is 2.27. The summed E-state index contributed by atoms with van der Waals surface area (Å²) in [6.45, 7) is 2.15. The summed E-state index contributed by atoms with van der Waals surface area (Å²) < 4.78 is 1.38. The van der Waals surface area contributed by atoms with Crippen LogP contribution in [0.3, 0.4) is 0 Å². The summed E-state index contributed by atoms with van der Waals surface area (Å²) >= 11 is 0. The molecule has 1 amide bonds. The Kier molecular flexibility index (Phi) is 4.50. The summed E-state index contributed by atoms with van der Waals surface area (Å²) in [5.74, 6) is 1.65. The van der Waals surface area contributed by atoms with Gasteiger partial charge in [-0.3, -0.25) is 19.5 Å². The fourth-order valence-electron chi connectivity index (χ4n) is 3.62. The predicted molar refractivity (Wildman–Crippen MR) is 116 cm³/mol. The van der Waals surface area contributed by atoms with Gasteiger partial charge in [0.05, 0.1) is 11.0 Å². The second kappa shape index (κ2) is 7.35. The van der Waals surface area contributed by atoms with E-state index in [1.54, 1.807) is 31.2 Å². The molecule has 5 rings (SSSR count). The number of carbonyl (C=O) groups excluding carboxylic acids is 1. The number of rotatable bonds is 5. The fraction of sp³-hybridized carbons (Fsp3) is 0.227. The van der Waals surface area contributed by atoms with E-state index in [1.165, 1.54) is 4.57 Å². The fourth-order valence-corrected chi connectivity index (χ4v) is 3.62. The van der Waals surface area contributed by atoms with Crippen molar-refractivity contribution in [1.29, 1.82) is 0 Å². The van der Waals surface area contributed by atoms with Gasteiger partial charge in [-0.2, -0.15) is 5.10 Å². The standard InChI is InChI=1S/C22H20N6O3/c1-2-28-17-9-8-14(11-16(17)24-21(30)22(28)31)20(29)23-15-5-3-4-13(10-15)19-25-18(26-27-19)12-6-7-12/h3-5,8-12H,2,6-7H2,1H3,(H,23,29)(H,24,30)(H,25,26,27). The molecule has 2 aromatic carbocycles. The van der Waals surface area contributed by atoms with Crippen molar-refractivity contribution in [3.05, 3.63) is 74.6 Å². The van der Waals surface area contributed by atoms with E-state index in [2.05, 4.69) is 25.5 Å². The molecule has 0 unspecified atom stereocenters. The van der Waals surface area contributed by atoms with Crippen LogP contribution >= 0.6 is 0 Å². The average molecular weight is 416 g/mol. The molecule has 0 bridgehead atoms. The van der Waals surface area contributed by atoms with Crippen LogP contribution < -0.4 is 16.4 Å². The second-order valence-corrected chi connectivity index (χ2v) is 7.59. The van der Waals surface area contributed by atoms with Crippen molar-refractivity contribution in [2.24, 2.45) is 0 Å². The van der Waals surface area contributed by atoms with E-state index >= 15 is 0 Å². The molecule has 2 heterocycles. The smallest absolute Gasteiger partial charge is 0.316 e. The van der Waals surface area contributed by atoms with Gasteiger partial charge < -0.3 is 14.9 Å². The van der Waals surface area contributed by atoms with E-state index in [4.69, 9.17) is 0 Å². The third-order valence-electron chi connectivity index (χ3n) is 5.40. The van der Waals surface area contributed by atoms with Crippen LogP contribution in [0.1, 0.15) is 41.9 Å². The van der Waals surface area contributed by atoms with Gasteiger partial charge in [0.25, 0.3) is 5.91 Å². The number of benzene rings is 2. The molecule has 0 radical (unpaired) electrons. The highest BCUT2D eigenvalue weighted by molar-refractivity contribution is 6.06. The number of amides is 1. The summed E-state index contributed by atoms with van der Waals surface area (Å²) in [4.78, 5) is 43.8. The van der Waals surface area contributed by atoms with Crippen LogP contribution in [0.4, 0.5) is 5.69 Å².